The maximum Gasteiger partial charge on any atom is 0.407 e. The van der Waals surface area contributed by atoms with E-state index < -0.39 is 6.09 Å². The Morgan fingerprint density at radius 1 is 1.29 bits per heavy atom. The van der Waals surface area contributed by atoms with Crippen LogP contribution < -0.4 is 15.6 Å². The van der Waals surface area contributed by atoms with Gasteiger partial charge in [-0.2, -0.15) is 0 Å². The standard InChI is InChI=1S/C22H30N4O5/c1-6-26-20(16-9-8-15(30-5)10-13(16)3)23-14(4)19(21(26)27)24-17-11-25(22(28)29)12-18(17)31-7-2/h8-10,17-18,24H,6-7,11-12H2,1-5H3,(H,28,29)/t17-,18+/m1/s1. The van der Waals surface area contributed by atoms with E-state index in [2.05, 4.69) is 5.32 Å². The van der Waals surface area contributed by atoms with Gasteiger partial charge in [0.25, 0.3) is 5.56 Å². The van der Waals surface area contributed by atoms with Gasteiger partial charge in [-0.05, 0) is 51.5 Å². The van der Waals surface area contributed by atoms with Crippen LogP contribution in [0.5, 0.6) is 5.75 Å². The van der Waals surface area contributed by atoms with Crippen LogP contribution >= 0.6 is 0 Å². The molecular weight excluding hydrogens is 400 g/mol. The number of hydrogen-bond donors (Lipinski definition) is 2. The quantitative estimate of drug-likeness (QED) is 0.696. The summed E-state index contributed by atoms with van der Waals surface area (Å²) in [6.45, 7) is 8.91. The fourth-order valence-electron chi connectivity index (χ4n) is 3.98. The van der Waals surface area contributed by atoms with E-state index in [0.717, 1.165) is 16.9 Å². The fourth-order valence-corrected chi connectivity index (χ4v) is 3.98. The molecular formula is C22H30N4O5. The normalized spacial score (nSPS) is 18.3. The molecule has 1 amide bonds. The first-order valence-electron chi connectivity index (χ1n) is 10.4. The highest BCUT2D eigenvalue weighted by Crippen LogP contribution is 2.27. The van der Waals surface area contributed by atoms with Crippen molar-refractivity contribution in [1.82, 2.24) is 14.5 Å². The van der Waals surface area contributed by atoms with Crippen LogP contribution in [0, 0.1) is 13.8 Å². The zero-order valence-electron chi connectivity index (χ0n) is 18.6. The number of methoxy groups -OCH3 is 1. The molecule has 0 radical (unpaired) electrons. The second-order valence-corrected chi connectivity index (χ2v) is 7.56. The summed E-state index contributed by atoms with van der Waals surface area (Å²) in [6.07, 6.45) is -1.33. The summed E-state index contributed by atoms with van der Waals surface area (Å²) in [5.41, 5.74) is 2.56. The molecule has 0 bridgehead atoms. The first kappa shape index (κ1) is 22.6. The van der Waals surface area contributed by atoms with Crippen molar-refractivity contribution in [3.63, 3.8) is 0 Å². The minimum absolute atomic E-state index is 0.191. The molecule has 2 atom stereocenters. The number of aromatic nitrogens is 2. The number of carbonyl (C=O) groups is 1. The molecule has 1 saturated heterocycles. The Balaban J connectivity index is 2.00. The predicted octanol–water partition coefficient (Wildman–Crippen LogP) is 2.73. The van der Waals surface area contributed by atoms with Crippen LogP contribution in [0.1, 0.15) is 25.1 Å². The largest absolute Gasteiger partial charge is 0.497 e. The van der Waals surface area contributed by atoms with Crippen LogP contribution in [0.25, 0.3) is 11.4 Å². The molecule has 1 aliphatic rings. The molecule has 2 heterocycles. The first-order chi connectivity index (χ1) is 14.8. The van der Waals surface area contributed by atoms with Gasteiger partial charge in [0.1, 0.15) is 17.3 Å². The van der Waals surface area contributed by atoms with E-state index in [0.29, 0.717) is 30.4 Å². The third kappa shape index (κ3) is 4.51. The SMILES string of the molecule is CCO[C@H]1CN(C(=O)O)C[C@H]1Nc1c(C)nc(-c2ccc(OC)cc2C)n(CC)c1=O. The highest BCUT2D eigenvalue weighted by molar-refractivity contribution is 5.66. The van der Waals surface area contributed by atoms with Crippen LogP contribution in [-0.2, 0) is 11.3 Å². The molecule has 1 aromatic carbocycles. The van der Waals surface area contributed by atoms with Crippen LogP contribution in [0.4, 0.5) is 10.5 Å². The van der Waals surface area contributed by atoms with Crippen molar-refractivity contribution < 1.29 is 19.4 Å². The summed E-state index contributed by atoms with van der Waals surface area (Å²) in [7, 11) is 1.61. The topological polar surface area (TPSA) is 106 Å². The number of hydrogen-bond acceptors (Lipinski definition) is 6. The van der Waals surface area contributed by atoms with E-state index in [9.17, 15) is 14.7 Å². The zero-order chi connectivity index (χ0) is 22.7. The van der Waals surface area contributed by atoms with Gasteiger partial charge in [-0.25, -0.2) is 9.78 Å². The fraction of sp³-hybridized carbons (Fsp3) is 0.500. The van der Waals surface area contributed by atoms with E-state index >= 15 is 0 Å². The van der Waals surface area contributed by atoms with E-state index in [1.807, 2.05) is 39.0 Å². The number of benzene rings is 1. The molecule has 3 rings (SSSR count). The molecule has 1 fully saturated rings. The molecule has 9 heteroatoms. The van der Waals surface area contributed by atoms with Crippen molar-refractivity contribution in [2.75, 3.05) is 32.1 Å². The summed E-state index contributed by atoms with van der Waals surface area (Å²) >= 11 is 0. The Kier molecular flexibility index (Phi) is 6.84. The lowest BCUT2D eigenvalue weighted by molar-refractivity contribution is 0.0629. The number of likely N-dealkylation sites (tertiary alicyclic amines) is 1. The molecule has 1 aliphatic heterocycles. The Labute approximate surface area is 181 Å². The van der Waals surface area contributed by atoms with Crippen molar-refractivity contribution in [2.24, 2.45) is 0 Å². The maximum absolute atomic E-state index is 13.4. The average Bonchev–Trinajstić information content (AvgIpc) is 3.14. The monoisotopic (exact) mass is 430 g/mol. The van der Waals surface area contributed by atoms with E-state index in [1.165, 1.54) is 4.90 Å². The second kappa shape index (κ2) is 9.38. The van der Waals surface area contributed by atoms with Gasteiger partial charge in [0, 0.05) is 25.3 Å². The van der Waals surface area contributed by atoms with Crippen molar-refractivity contribution in [1.29, 1.82) is 0 Å². The highest BCUT2D eigenvalue weighted by Gasteiger charge is 2.36. The predicted molar refractivity (Wildman–Crippen MR) is 118 cm³/mol. The second-order valence-electron chi connectivity index (χ2n) is 7.56. The van der Waals surface area contributed by atoms with E-state index in [-0.39, 0.29) is 30.8 Å². The zero-order valence-corrected chi connectivity index (χ0v) is 18.6. The molecule has 2 aromatic rings. The van der Waals surface area contributed by atoms with Gasteiger partial charge in [-0.15, -0.1) is 0 Å². The van der Waals surface area contributed by atoms with Gasteiger partial charge in [0.2, 0.25) is 0 Å². The summed E-state index contributed by atoms with van der Waals surface area (Å²) < 4.78 is 12.6. The lowest BCUT2D eigenvalue weighted by Gasteiger charge is -2.22. The van der Waals surface area contributed by atoms with Gasteiger partial charge in [0.05, 0.1) is 31.5 Å². The number of nitrogens with zero attached hydrogens (tertiary/aromatic N) is 3. The molecule has 0 aliphatic carbocycles. The van der Waals surface area contributed by atoms with Crippen molar-refractivity contribution in [3.8, 4) is 17.1 Å². The maximum atomic E-state index is 13.4. The Morgan fingerprint density at radius 2 is 2.03 bits per heavy atom. The molecule has 31 heavy (non-hydrogen) atoms. The number of carboxylic acid groups (broad SMARTS) is 1. The Bertz CT molecular complexity index is 1020. The number of ether oxygens (including phenoxy) is 2. The smallest absolute Gasteiger partial charge is 0.407 e. The molecule has 0 unspecified atom stereocenters. The minimum Gasteiger partial charge on any atom is -0.497 e. The van der Waals surface area contributed by atoms with Crippen molar-refractivity contribution in [3.05, 3.63) is 39.8 Å². The van der Waals surface area contributed by atoms with E-state index in [4.69, 9.17) is 14.5 Å². The first-order valence-corrected chi connectivity index (χ1v) is 10.4. The third-order valence-electron chi connectivity index (χ3n) is 5.59. The number of rotatable bonds is 7. The van der Waals surface area contributed by atoms with Gasteiger partial charge in [-0.1, -0.05) is 0 Å². The van der Waals surface area contributed by atoms with Gasteiger partial charge < -0.3 is 24.8 Å². The number of amides is 1. The molecule has 0 spiro atoms. The Morgan fingerprint density at radius 3 is 2.61 bits per heavy atom. The molecule has 1 aromatic heterocycles. The summed E-state index contributed by atoms with van der Waals surface area (Å²) in [6, 6.07) is 5.33. The molecule has 9 nitrogen and oxygen atoms in total. The lowest BCUT2D eigenvalue weighted by atomic mass is 10.1. The summed E-state index contributed by atoms with van der Waals surface area (Å²) in [5, 5.41) is 12.6. The molecule has 0 saturated carbocycles. The van der Waals surface area contributed by atoms with Gasteiger partial charge >= 0.3 is 6.09 Å². The Hall–Kier alpha value is -3.07. The molecule has 2 N–H and O–H groups in total. The van der Waals surface area contributed by atoms with Crippen LogP contribution in [0.15, 0.2) is 23.0 Å². The lowest BCUT2D eigenvalue weighted by Crippen LogP contribution is -2.38. The van der Waals surface area contributed by atoms with Gasteiger partial charge in [0.15, 0.2) is 0 Å². The van der Waals surface area contributed by atoms with Crippen molar-refractivity contribution >= 4 is 11.8 Å². The van der Waals surface area contributed by atoms with Crippen LogP contribution in [0.2, 0.25) is 0 Å². The van der Waals surface area contributed by atoms with Crippen LogP contribution in [-0.4, -0.2) is 64.6 Å². The van der Waals surface area contributed by atoms with E-state index in [1.54, 1.807) is 18.6 Å². The van der Waals surface area contributed by atoms with Gasteiger partial charge in [-0.3, -0.25) is 9.36 Å². The van der Waals surface area contributed by atoms with Crippen molar-refractivity contribution in [2.45, 2.75) is 46.4 Å². The highest BCUT2D eigenvalue weighted by atomic mass is 16.5. The molecule has 168 valence electrons. The third-order valence-corrected chi connectivity index (χ3v) is 5.59. The number of anilines is 1. The number of aryl methyl sites for hydroxylation is 2. The summed E-state index contributed by atoms with van der Waals surface area (Å²) in [4.78, 5) is 30.8. The average molecular weight is 431 g/mol. The number of nitrogens with one attached hydrogen (secondary N) is 1. The minimum atomic E-state index is -1.000. The van der Waals surface area contributed by atoms with Crippen LogP contribution in [0.3, 0.4) is 0 Å². The summed E-state index contributed by atoms with van der Waals surface area (Å²) in [5.74, 6) is 1.34.